The van der Waals surface area contributed by atoms with Gasteiger partial charge in [0.05, 0.1) is 5.01 Å². The fraction of sp³-hybridized carbons (Fsp3) is 0.471. The molecule has 1 aliphatic heterocycles. The average Bonchev–Trinajstić information content (AvgIpc) is 2.96. The summed E-state index contributed by atoms with van der Waals surface area (Å²) >= 11 is 1.77. The summed E-state index contributed by atoms with van der Waals surface area (Å²) < 4.78 is 0. The summed E-state index contributed by atoms with van der Waals surface area (Å²) in [5, 5.41) is 7.01. The molecule has 0 aliphatic carbocycles. The van der Waals surface area contributed by atoms with Crippen molar-refractivity contribution in [1.29, 1.82) is 0 Å². The lowest BCUT2D eigenvalue weighted by atomic mass is 10.1. The molecule has 112 valence electrons. The summed E-state index contributed by atoms with van der Waals surface area (Å²) in [6, 6.07) is 11.2. The van der Waals surface area contributed by atoms with Gasteiger partial charge in [-0.3, -0.25) is 0 Å². The molecule has 3 rings (SSSR count). The van der Waals surface area contributed by atoms with Crippen molar-refractivity contribution < 1.29 is 0 Å². The Labute approximate surface area is 131 Å². The van der Waals surface area contributed by atoms with E-state index in [1.54, 1.807) is 11.3 Å². The molecule has 1 aromatic carbocycles. The minimum absolute atomic E-state index is 0.442. The van der Waals surface area contributed by atoms with Crippen LogP contribution in [0.2, 0.25) is 0 Å². The van der Waals surface area contributed by atoms with E-state index >= 15 is 0 Å². The predicted octanol–water partition coefficient (Wildman–Crippen LogP) is 3.28. The molecule has 0 radical (unpaired) electrons. The van der Waals surface area contributed by atoms with Gasteiger partial charge in [-0.2, -0.15) is 0 Å². The van der Waals surface area contributed by atoms with Crippen LogP contribution in [-0.2, 0) is 0 Å². The van der Waals surface area contributed by atoms with E-state index in [1.165, 1.54) is 23.5 Å². The van der Waals surface area contributed by atoms with Crippen molar-refractivity contribution >= 4 is 11.3 Å². The van der Waals surface area contributed by atoms with Gasteiger partial charge in [-0.25, -0.2) is 4.98 Å². The predicted molar refractivity (Wildman–Crippen MR) is 88.8 cm³/mol. The zero-order chi connectivity index (χ0) is 14.5. The highest BCUT2D eigenvalue weighted by molar-refractivity contribution is 7.09. The van der Waals surface area contributed by atoms with Crippen molar-refractivity contribution in [2.24, 2.45) is 0 Å². The van der Waals surface area contributed by atoms with Crippen molar-refractivity contribution in [2.45, 2.75) is 25.3 Å². The SMILES string of the molecule is CC(CN1CCCNC(c2ccccc2)C1)c1nccs1. The summed E-state index contributed by atoms with van der Waals surface area (Å²) in [6.45, 7) is 6.74. The van der Waals surface area contributed by atoms with E-state index in [2.05, 4.69) is 57.8 Å². The second kappa shape index (κ2) is 7.16. The van der Waals surface area contributed by atoms with Crippen LogP contribution < -0.4 is 5.32 Å². The Morgan fingerprint density at radius 3 is 3.00 bits per heavy atom. The number of thiazole rings is 1. The van der Waals surface area contributed by atoms with Gasteiger partial charge in [-0.1, -0.05) is 37.3 Å². The molecule has 2 atom stereocenters. The zero-order valence-electron chi connectivity index (χ0n) is 12.5. The summed E-state index contributed by atoms with van der Waals surface area (Å²) in [5.41, 5.74) is 1.39. The van der Waals surface area contributed by atoms with Gasteiger partial charge in [-0.15, -0.1) is 11.3 Å². The molecule has 2 unspecified atom stereocenters. The molecule has 1 fully saturated rings. The molecule has 21 heavy (non-hydrogen) atoms. The van der Waals surface area contributed by atoms with Crippen LogP contribution in [-0.4, -0.2) is 36.1 Å². The Morgan fingerprint density at radius 1 is 1.38 bits per heavy atom. The second-order valence-corrected chi connectivity index (χ2v) is 6.73. The highest BCUT2D eigenvalue weighted by Crippen LogP contribution is 2.22. The maximum absolute atomic E-state index is 4.46. The first-order valence-corrected chi connectivity index (χ1v) is 8.61. The molecule has 0 amide bonds. The van der Waals surface area contributed by atoms with Crippen molar-refractivity contribution in [3.8, 4) is 0 Å². The molecule has 0 saturated carbocycles. The van der Waals surface area contributed by atoms with Gasteiger partial charge in [0.1, 0.15) is 0 Å². The molecular formula is C17H23N3S. The lowest BCUT2D eigenvalue weighted by Gasteiger charge is -2.26. The Bertz CT molecular complexity index is 526. The zero-order valence-corrected chi connectivity index (χ0v) is 13.4. The summed E-state index contributed by atoms with van der Waals surface area (Å²) in [6.07, 6.45) is 3.13. The van der Waals surface area contributed by atoms with E-state index in [0.29, 0.717) is 12.0 Å². The lowest BCUT2D eigenvalue weighted by Crippen LogP contribution is -2.33. The molecule has 1 aromatic heterocycles. The molecular weight excluding hydrogens is 278 g/mol. The number of aromatic nitrogens is 1. The Morgan fingerprint density at radius 2 is 2.24 bits per heavy atom. The molecule has 1 N–H and O–H groups in total. The van der Waals surface area contributed by atoms with Crippen molar-refractivity contribution in [3.05, 3.63) is 52.5 Å². The minimum atomic E-state index is 0.442. The third kappa shape index (κ3) is 3.90. The molecule has 1 saturated heterocycles. The highest BCUT2D eigenvalue weighted by atomic mass is 32.1. The number of nitrogens with one attached hydrogen (secondary N) is 1. The summed E-state index contributed by atoms with van der Waals surface area (Å²) in [5.74, 6) is 0.513. The first-order valence-electron chi connectivity index (χ1n) is 7.73. The van der Waals surface area contributed by atoms with E-state index in [9.17, 15) is 0 Å². The monoisotopic (exact) mass is 301 g/mol. The first kappa shape index (κ1) is 14.7. The van der Waals surface area contributed by atoms with Crippen molar-refractivity contribution in [1.82, 2.24) is 15.2 Å². The topological polar surface area (TPSA) is 28.2 Å². The maximum atomic E-state index is 4.46. The number of rotatable bonds is 4. The van der Waals surface area contributed by atoms with Gasteiger partial charge < -0.3 is 10.2 Å². The fourth-order valence-corrected chi connectivity index (χ4v) is 3.70. The van der Waals surface area contributed by atoms with Crippen LogP contribution in [0.3, 0.4) is 0 Å². The van der Waals surface area contributed by atoms with Gasteiger partial charge in [-0.05, 0) is 25.1 Å². The van der Waals surface area contributed by atoms with Crippen LogP contribution in [0.4, 0.5) is 0 Å². The fourth-order valence-electron chi connectivity index (χ4n) is 3.01. The minimum Gasteiger partial charge on any atom is -0.309 e. The van der Waals surface area contributed by atoms with Crippen LogP contribution in [0, 0.1) is 0 Å². The number of hydrogen-bond acceptors (Lipinski definition) is 4. The van der Waals surface area contributed by atoms with Crippen LogP contribution in [0.1, 0.15) is 35.9 Å². The largest absolute Gasteiger partial charge is 0.309 e. The van der Waals surface area contributed by atoms with E-state index < -0.39 is 0 Å². The Hall–Kier alpha value is -1.23. The molecule has 0 spiro atoms. The van der Waals surface area contributed by atoms with Gasteiger partial charge in [0.2, 0.25) is 0 Å². The number of benzene rings is 1. The highest BCUT2D eigenvalue weighted by Gasteiger charge is 2.21. The van der Waals surface area contributed by atoms with Crippen molar-refractivity contribution in [2.75, 3.05) is 26.2 Å². The maximum Gasteiger partial charge on any atom is 0.0965 e. The molecule has 1 aliphatic rings. The Kier molecular flexibility index (Phi) is 5.01. The van der Waals surface area contributed by atoms with E-state index in [4.69, 9.17) is 0 Å². The second-order valence-electron chi connectivity index (χ2n) is 5.80. The van der Waals surface area contributed by atoms with Gasteiger partial charge in [0.25, 0.3) is 0 Å². The average molecular weight is 301 g/mol. The van der Waals surface area contributed by atoms with E-state index in [0.717, 1.165) is 19.6 Å². The third-order valence-corrected chi connectivity index (χ3v) is 5.10. The van der Waals surface area contributed by atoms with Crippen LogP contribution in [0.15, 0.2) is 41.9 Å². The van der Waals surface area contributed by atoms with Crippen LogP contribution >= 0.6 is 11.3 Å². The number of nitrogens with zero attached hydrogens (tertiary/aromatic N) is 2. The standard InChI is InChI=1S/C17H23N3S/c1-14(17-19-9-11-21-17)12-20-10-5-8-18-16(13-20)15-6-3-2-4-7-15/h2-4,6-7,9,11,14,16,18H,5,8,10,12-13H2,1H3. The van der Waals surface area contributed by atoms with E-state index in [-0.39, 0.29) is 0 Å². The first-order chi connectivity index (χ1) is 10.3. The van der Waals surface area contributed by atoms with Gasteiger partial charge in [0.15, 0.2) is 0 Å². The van der Waals surface area contributed by atoms with Crippen LogP contribution in [0.5, 0.6) is 0 Å². The van der Waals surface area contributed by atoms with Crippen molar-refractivity contribution in [3.63, 3.8) is 0 Å². The van der Waals surface area contributed by atoms with Gasteiger partial charge >= 0.3 is 0 Å². The molecule has 0 bridgehead atoms. The molecule has 2 heterocycles. The quantitative estimate of drug-likeness (QED) is 0.939. The molecule has 3 nitrogen and oxygen atoms in total. The van der Waals surface area contributed by atoms with Gasteiger partial charge in [0, 0.05) is 36.6 Å². The normalized spacial score (nSPS) is 21.9. The Balaban J connectivity index is 1.65. The summed E-state index contributed by atoms with van der Waals surface area (Å²) in [7, 11) is 0. The summed E-state index contributed by atoms with van der Waals surface area (Å²) in [4.78, 5) is 7.05. The molecule has 4 heteroatoms. The van der Waals surface area contributed by atoms with Crippen LogP contribution in [0.25, 0.3) is 0 Å². The smallest absolute Gasteiger partial charge is 0.0965 e. The lowest BCUT2D eigenvalue weighted by molar-refractivity contribution is 0.256. The number of hydrogen-bond donors (Lipinski definition) is 1. The third-order valence-electron chi connectivity index (χ3n) is 4.09. The molecule has 2 aromatic rings. The van der Waals surface area contributed by atoms with E-state index in [1.807, 2.05) is 6.20 Å².